The molecule has 112 valence electrons. The SMILES string of the molecule is O=C1C[C@@H](NC[C@@H]2CCCO2)C(=O)N1c1ccc(Cl)cc1. The Morgan fingerprint density at radius 2 is 2.05 bits per heavy atom. The molecular formula is C15H17ClN2O3. The van der Waals surface area contributed by atoms with Crippen LogP contribution in [0.5, 0.6) is 0 Å². The molecule has 1 aromatic carbocycles. The molecular weight excluding hydrogens is 292 g/mol. The summed E-state index contributed by atoms with van der Waals surface area (Å²) in [5, 5.41) is 3.73. The van der Waals surface area contributed by atoms with E-state index in [1.165, 1.54) is 4.90 Å². The van der Waals surface area contributed by atoms with Crippen LogP contribution >= 0.6 is 11.6 Å². The fourth-order valence-corrected chi connectivity index (χ4v) is 2.86. The van der Waals surface area contributed by atoms with Gasteiger partial charge in [-0.05, 0) is 37.1 Å². The van der Waals surface area contributed by atoms with Gasteiger partial charge >= 0.3 is 0 Å². The number of rotatable bonds is 4. The molecule has 1 N–H and O–H groups in total. The molecule has 0 radical (unpaired) electrons. The summed E-state index contributed by atoms with van der Waals surface area (Å²) in [6, 6.07) is 6.24. The fourth-order valence-electron chi connectivity index (χ4n) is 2.73. The van der Waals surface area contributed by atoms with Crippen molar-refractivity contribution in [3.05, 3.63) is 29.3 Å². The van der Waals surface area contributed by atoms with Gasteiger partial charge in [0, 0.05) is 18.2 Å². The highest BCUT2D eigenvalue weighted by molar-refractivity contribution is 6.30. The molecule has 5 nitrogen and oxygen atoms in total. The molecule has 0 saturated carbocycles. The summed E-state index contributed by atoms with van der Waals surface area (Å²) in [4.78, 5) is 25.7. The third-order valence-corrected chi connectivity index (χ3v) is 4.10. The van der Waals surface area contributed by atoms with Crippen LogP contribution in [-0.4, -0.2) is 37.1 Å². The summed E-state index contributed by atoms with van der Waals surface area (Å²) in [6.45, 7) is 1.39. The van der Waals surface area contributed by atoms with Crippen molar-refractivity contribution in [2.75, 3.05) is 18.1 Å². The van der Waals surface area contributed by atoms with Crippen molar-refractivity contribution in [3.8, 4) is 0 Å². The molecule has 0 aliphatic carbocycles. The molecule has 21 heavy (non-hydrogen) atoms. The van der Waals surface area contributed by atoms with E-state index in [0.29, 0.717) is 17.3 Å². The van der Waals surface area contributed by atoms with E-state index in [4.69, 9.17) is 16.3 Å². The second-order valence-corrected chi connectivity index (χ2v) is 5.78. The number of imide groups is 1. The number of halogens is 1. The minimum Gasteiger partial charge on any atom is -0.377 e. The number of benzene rings is 1. The smallest absolute Gasteiger partial charge is 0.251 e. The van der Waals surface area contributed by atoms with Gasteiger partial charge in [0.2, 0.25) is 5.91 Å². The number of nitrogens with zero attached hydrogens (tertiary/aromatic N) is 1. The van der Waals surface area contributed by atoms with Crippen molar-refractivity contribution in [3.63, 3.8) is 0 Å². The second kappa shape index (κ2) is 6.13. The fraction of sp³-hybridized carbons (Fsp3) is 0.467. The van der Waals surface area contributed by atoms with E-state index in [-0.39, 0.29) is 24.3 Å². The first-order chi connectivity index (χ1) is 10.1. The molecule has 2 saturated heterocycles. The van der Waals surface area contributed by atoms with Gasteiger partial charge in [-0.2, -0.15) is 0 Å². The van der Waals surface area contributed by atoms with Crippen LogP contribution in [0, 0.1) is 0 Å². The van der Waals surface area contributed by atoms with Crippen molar-refractivity contribution < 1.29 is 14.3 Å². The lowest BCUT2D eigenvalue weighted by atomic mass is 10.2. The summed E-state index contributed by atoms with van der Waals surface area (Å²) in [5.74, 6) is -0.396. The Bertz CT molecular complexity index is 540. The number of hydrogen-bond acceptors (Lipinski definition) is 4. The van der Waals surface area contributed by atoms with Crippen molar-refractivity contribution in [2.45, 2.75) is 31.4 Å². The first-order valence-corrected chi connectivity index (χ1v) is 7.50. The van der Waals surface area contributed by atoms with Gasteiger partial charge in [-0.1, -0.05) is 11.6 Å². The van der Waals surface area contributed by atoms with E-state index >= 15 is 0 Å². The molecule has 0 unspecified atom stereocenters. The zero-order valence-electron chi connectivity index (χ0n) is 11.5. The Balaban J connectivity index is 1.65. The van der Waals surface area contributed by atoms with E-state index in [1.807, 2.05) is 0 Å². The molecule has 0 spiro atoms. The molecule has 2 aliphatic heterocycles. The molecule has 6 heteroatoms. The maximum Gasteiger partial charge on any atom is 0.251 e. The summed E-state index contributed by atoms with van der Waals surface area (Å²) in [5.41, 5.74) is 0.566. The van der Waals surface area contributed by atoms with Crippen molar-refractivity contribution in [1.82, 2.24) is 5.32 Å². The van der Waals surface area contributed by atoms with Gasteiger partial charge in [-0.25, -0.2) is 4.90 Å². The first kappa shape index (κ1) is 14.5. The third kappa shape index (κ3) is 3.10. The number of carbonyl (C=O) groups is 2. The van der Waals surface area contributed by atoms with Crippen LogP contribution in [0.25, 0.3) is 0 Å². The normalized spacial score (nSPS) is 25.9. The van der Waals surface area contributed by atoms with Gasteiger partial charge < -0.3 is 10.1 Å². The minimum atomic E-state index is -0.461. The summed E-state index contributed by atoms with van der Waals surface area (Å²) < 4.78 is 5.51. The Labute approximate surface area is 128 Å². The van der Waals surface area contributed by atoms with Crippen molar-refractivity contribution in [1.29, 1.82) is 0 Å². The molecule has 2 amide bonds. The van der Waals surface area contributed by atoms with Gasteiger partial charge in [0.15, 0.2) is 0 Å². The van der Waals surface area contributed by atoms with E-state index in [1.54, 1.807) is 24.3 Å². The Hall–Kier alpha value is -1.43. The maximum atomic E-state index is 12.4. The highest BCUT2D eigenvalue weighted by atomic mass is 35.5. The predicted molar refractivity (Wildman–Crippen MR) is 79.3 cm³/mol. The van der Waals surface area contributed by atoms with Crippen LogP contribution in [-0.2, 0) is 14.3 Å². The molecule has 0 bridgehead atoms. The summed E-state index contributed by atoms with van der Waals surface area (Å²) in [7, 11) is 0. The quantitative estimate of drug-likeness (QED) is 0.861. The van der Waals surface area contributed by atoms with Crippen LogP contribution in [0.1, 0.15) is 19.3 Å². The lowest BCUT2D eigenvalue weighted by Crippen LogP contribution is -2.41. The average Bonchev–Trinajstić information content (AvgIpc) is 3.07. The average molecular weight is 309 g/mol. The minimum absolute atomic E-state index is 0.150. The maximum absolute atomic E-state index is 12.4. The second-order valence-electron chi connectivity index (χ2n) is 5.34. The van der Waals surface area contributed by atoms with E-state index in [2.05, 4.69) is 5.32 Å². The Kier molecular flexibility index (Phi) is 4.24. The summed E-state index contributed by atoms with van der Waals surface area (Å²) >= 11 is 5.83. The largest absolute Gasteiger partial charge is 0.377 e. The van der Waals surface area contributed by atoms with E-state index < -0.39 is 6.04 Å². The predicted octanol–water partition coefficient (Wildman–Crippen LogP) is 1.74. The molecule has 0 aromatic heterocycles. The first-order valence-electron chi connectivity index (χ1n) is 7.12. The standard InChI is InChI=1S/C15H17ClN2O3/c16-10-3-5-11(6-4-10)18-14(19)8-13(15(18)20)17-9-12-2-1-7-21-12/h3-6,12-13,17H,1-2,7-9H2/t12-,13+/m0/s1. The third-order valence-electron chi connectivity index (χ3n) is 3.85. The van der Waals surface area contributed by atoms with Gasteiger partial charge in [-0.3, -0.25) is 9.59 Å². The molecule has 2 fully saturated rings. The molecule has 1 aromatic rings. The van der Waals surface area contributed by atoms with Crippen molar-refractivity contribution >= 4 is 29.1 Å². The van der Waals surface area contributed by atoms with Gasteiger partial charge in [0.05, 0.1) is 24.3 Å². The van der Waals surface area contributed by atoms with Crippen LogP contribution in [0.15, 0.2) is 24.3 Å². The molecule has 3 rings (SSSR count). The number of anilines is 1. The van der Waals surface area contributed by atoms with E-state index in [0.717, 1.165) is 19.4 Å². The molecule has 2 heterocycles. The highest BCUT2D eigenvalue weighted by Crippen LogP contribution is 2.24. The lowest BCUT2D eigenvalue weighted by molar-refractivity contribution is -0.121. The number of nitrogens with one attached hydrogen (secondary N) is 1. The van der Waals surface area contributed by atoms with Gasteiger partial charge in [0.25, 0.3) is 5.91 Å². The number of hydrogen-bond donors (Lipinski definition) is 1. The highest BCUT2D eigenvalue weighted by Gasteiger charge is 2.39. The monoisotopic (exact) mass is 308 g/mol. The Morgan fingerprint density at radius 1 is 1.29 bits per heavy atom. The zero-order chi connectivity index (χ0) is 14.8. The molecule has 2 atom stereocenters. The topological polar surface area (TPSA) is 58.6 Å². The number of carbonyl (C=O) groups excluding carboxylic acids is 2. The zero-order valence-corrected chi connectivity index (χ0v) is 12.3. The number of amides is 2. The van der Waals surface area contributed by atoms with Crippen LogP contribution in [0.3, 0.4) is 0 Å². The van der Waals surface area contributed by atoms with Crippen LogP contribution in [0.2, 0.25) is 5.02 Å². The lowest BCUT2D eigenvalue weighted by Gasteiger charge is -2.17. The van der Waals surface area contributed by atoms with Crippen LogP contribution < -0.4 is 10.2 Å². The molecule has 2 aliphatic rings. The van der Waals surface area contributed by atoms with Gasteiger partial charge in [-0.15, -0.1) is 0 Å². The Morgan fingerprint density at radius 3 is 2.71 bits per heavy atom. The van der Waals surface area contributed by atoms with Crippen molar-refractivity contribution in [2.24, 2.45) is 0 Å². The number of ether oxygens (including phenoxy) is 1. The van der Waals surface area contributed by atoms with Gasteiger partial charge in [0.1, 0.15) is 0 Å². The summed E-state index contributed by atoms with van der Waals surface area (Å²) in [6.07, 6.45) is 2.40. The van der Waals surface area contributed by atoms with Crippen LogP contribution in [0.4, 0.5) is 5.69 Å². The van der Waals surface area contributed by atoms with E-state index in [9.17, 15) is 9.59 Å².